The molecule has 14 nitrogen and oxygen atoms in total. The minimum absolute atomic E-state index is 0.00474. The van der Waals surface area contributed by atoms with Crippen LogP contribution in [0.4, 0.5) is 4.79 Å². The van der Waals surface area contributed by atoms with Crippen LogP contribution in [-0.2, 0) is 16.1 Å². The fraction of sp³-hybridized carbons (Fsp3) is 0.567. The molecule has 1 fully saturated rings. The minimum Gasteiger partial charge on any atom is -0.459 e. The third-order valence-corrected chi connectivity index (χ3v) is 14.8. The number of carbonyl (C=O) groups excluding carboxylic acids is 2. The normalized spacial score (nSPS) is 21.9. The number of oxime groups is 1. The Kier molecular flexibility index (Phi) is 20.4. The maximum absolute atomic E-state index is 15.5. The molecule has 74 heavy (non-hydrogen) atoms. The van der Waals surface area contributed by atoms with Gasteiger partial charge in [0.1, 0.15) is 23.1 Å². The minimum atomic E-state index is -1.56. The van der Waals surface area contributed by atoms with E-state index in [2.05, 4.69) is 31.0 Å². The number of nitrogens with zero attached hydrogens (tertiary/aromatic N) is 3. The Morgan fingerprint density at radius 3 is 2.26 bits per heavy atom. The number of aliphatic hydroxyl groups is 2. The maximum Gasteiger partial charge on any atom is 0.412 e. The van der Waals surface area contributed by atoms with Crippen LogP contribution in [-0.4, -0.2) is 83.4 Å². The van der Waals surface area contributed by atoms with E-state index in [1.165, 1.54) is 44.9 Å². The van der Waals surface area contributed by atoms with Crippen molar-refractivity contribution in [2.24, 2.45) is 22.9 Å². The smallest absolute Gasteiger partial charge is 0.412 e. The first-order valence-corrected chi connectivity index (χ1v) is 27.4. The summed E-state index contributed by atoms with van der Waals surface area (Å²) in [5.41, 5.74) is 3.25. The number of hydrogen-bond acceptors (Lipinski definition) is 12. The zero-order valence-corrected chi connectivity index (χ0v) is 44.3. The first-order chi connectivity index (χ1) is 35.9. The molecule has 3 aromatic rings. The van der Waals surface area contributed by atoms with Crippen LogP contribution in [0.2, 0.25) is 0 Å². The summed E-state index contributed by atoms with van der Waals surface area (Å²) in [5.74, 6) is -0.808. The molecule has 2 aliphatic heterocycles. The third-order valence-electron chi connectivity index (χ3n) is 14.8. The SMILES string of the molecule is C=CCOC12Oc3ccc(OC(=O)NCCCCCCCCCCCC)cc3C3C(CCCCO)C(CCCCO)C=C(C(=NOC(C)(C)C)CC1N(Cc1ccc4c(c1)OCO4)C(=O)c1ccc(C#N)cc1)C32. The molecule has 3 aromatic carbocycles. The van der Waals surface area contributed by atoms with Gasteiger partial charge >= 0.3 is 6.09 Å². The van der Waals surface area contributed by atoms with Gasteiger partial charge in [0, 0.05) is 49.8 Å². The molecule has 400 valence electrons. The summed E-state index contributed by atoms with van der Waals surface area (Å²) in [6.45, 7) is 13.0. The molecule has 14 heteroatoms. The van der Waals surface area contributed by atoms with Gasteiger partial charge in [-0.2, -0.15) is 5.26 Å². The number of nitriles is 1. The van der Waals surface area contributed by atoms with Crippen molar-refractivity contribution in [1.82, 2.24) is 10.2 Å². The van der Waals surface area contributed by atoms with Crippen molar-refractivity contribution < 1.29 is 48.3 Å². The Balaban J connectivity index is 1.32. The molecule has 2 aliphatic carbocycles. The van der Waals surface area contributed by atoms with E-state index in [0.29, 0.717) is 59.2 Å². The maximum atomic E-state index is 15.5. The van der Waals surface area contributed by atoms with Gasteiger partial charge in [0.15, 0.2) is 11.5 Å². The molecule has 3 N–H and O–H groups in total. The lowest BCUT2D eigenvalue weighted by Crippen LogP contribution is -2.70. The molecule has 1 saturated carbocycles. The van der Waals surface area contributed by atoms with Crippen molar-refractivity contribution in [3.63, 3.8) is 0 Å². The van der Waals surface area contributed by atoms with Crippen molar-refractivity contribution in [2.75, 3.05) is 33.2 Å². The van der Waals surface area contributed by atoms with E-state index >= 15 is 4.79 Å². The van der Waals surface area contributed by atoms with E-state index in [9.17, 15) is 20.3 Å². The molecule has 0 bridgehead atoms. The fourth-order valence-corrected chi connectivity index (χ4v) is 11.3. The zero-order chi connectivity index (χ0) is 52.5. The molecule has 0 radical (unpaired) electrons. The van der Waals surface area contributed by atoms with Crippen molar-refractivity contribution in [1.29, 1.82) is 5.26 Å². The van der Waals surface area contributed by atoms with Crippen LogP contribution >= 0.6 is 0 Å². The predicted molar refractivity (Wildman–Crippen MR) is 285 cm³/mol. The molecular weight excluding hydrogens is 937 g/mol. The summed E-state index contributed by atoms with van der Waals surface area (Å²) in [4.78, 5) is 37.2. The summed E-state index contributed by atoms with van der Waals surface area (Å²) < 4.78 is 32.3. The molecule has 7 rings (SSSR count). The standard InChI is InChI=1S/C60H80N4O10/c1-6-8-9-10-11-12-13-14-15-18-31-62-58(68)72-46-28-30-51-49(37-46)55-47(22-17-20-33-66)45(21-16-19-32-65)36-48-50(63-74-59(3,4)5)38-54(60(73-51,56(48)55)71-34-7-2)64(57(67)44-26-23-42(39-61)24-27-44)40-43-25-29-52-53(35-43)70-41-69-52/h7,23-30,35-37,45,47,54-56,65-66H,2,6,8-22,31-34,38,40-41H2,1,3-5H3,(H,62,68). The summed E-state index contributed by atoms with van der Waals surface area (Å²) in [6.07, 6.45) is 19.9. The molecule has 0 aromatic heterocycles. The predicted octanol–water partition coefficient (Wildman–Crippen LogP) is 12.1. The molecule has 2 heterocycles. The number of nitrogens with one attached hydrogen (secondary N) is 1. The number of unbranched alkanes of at least 4 members (excludes halogenated alkanes) is 11. The first kappa shape index (κ1) is 55.9. The van der Waals surface area contributed by atoms with Crippen LogP contribution in [0.1, 0.15) is 170 Å². The summed E-state index contributed by atoms with van der Waals surface area (Å²) in [5, 5.41) is 37.8. The van der Waals surface area contributed by atoms with Crippen LogP contribution in [0, 0.1) is 29.1 Å². The van der Waals surface area contributed by atoms with E-state index in [4.69, 9.17) is 33.7 Å². The largest absolute Gasteiger partial charge is 0.459 e. The van der Waals surface area contributed by atoms with Gasteiger partial charge in [-0.15, -0.1) is 6.58 Å². The van der Waals surface area contributed by atoms with Gasteiger partial charge in [-0.05, 0) is 130 Å². The average molecular weight is 1020 g/mol. The van der Waals surface area contributed by atoms with Crippen molar-refractivity contribution >= 4 is 17.7 Å². The van der Waals surface area contributed by atoms with Gasteiger partial charge in [0.05, 0.1) is 29.9 Å². The average Bonchev–Trinajstić information content (AvgIpc) is 3.87. The van der Waals surface area contributed by atoms with E-state index in [1.54, 1.807) is 41.3 Å². The number of hydrogen-bond donors (Lipinski definition) is 3. The fourth-order valence-electron chi connectivity index (χ4n) is 11.3. The number of ether oxygens (including phenoxy) is 5. The molecule has 4 aliphatic rings. The van der Waals surface area contributed by atoms with Crippen LogP contribution in [0.25, 0.3) is 0 Å². The van der Waals surface area contributed by atoms with Gasteiger partial charge < -0.3 is 49.0 Å². The number of allylic oxidation sites excluding steroid dienone is 1. The van der Waals surface area contributed by atoms with E-state index in [1.807, 2.05) is 51.1 Å². The second kappa shape index (κ2) is 27.1. The van der Waals surface area contributed by atoms with Gasteiger partial charge in [0.25, 0.3) is 5.91 Å². The zero-order valence-electron chi connectivity index (χ0n) is 44.3. The van der Waals surface area contributed by atoms with Crippen LogP contribution in [0.3, 0.4) is 0 Å². The first-order valence-electron chi connectivity index (χ1n) is 27.4. The molecule has 0 saturated heterocycles. The van der Waals surface area contributed by atoms with Crippen molar-refractivity contribution in [3.8, 4) is 29.1 Å². The summed E-state index contributed by atoms with van der Waals surface area (Å²) >= 11 is 0. The van der Waals surface area contributed by atoms with Gasteiger partial charge in [0.2, 0.25) is 12.6 Å². The van der Waals surface area contributed by atoms with Crippen LogP contribution in [0.5, 0.6) is 23.0 Å². The highest BCUT2D eigenvalue weighted by Crippen LogP contribution is 2.62. The topological polar surface area (TPSA) is 181 Å². The molecule has 6 unspecified atom stereocenters. The third kappa shape index (κ3) is 14.1. The molecular formula is C60H80N4O10. The molecule has 2 amide bonds. The van der Waals surface area contributed by atoms with E-state index in [0.717, 1.165) is 61.6 Å². The monoisotopic (exact) mass is 1020 g/mol. The highest BCUT2D eigenvalue weighted by molar-refractivity contribution is 6.03. The molecule has 0 spiro atoms. The number of carbonyl (C=O) groups is 2. The second-order valence-electron chi connectivity index (χ2n) is 21.3. The van der Waals surface area contributed by atoms with E-state index in [-0.39, 0.29) is 63.2 Å². The Labute approximate surface area is 439 Å². The lowest BCUT2D eigenvalue weighted by atomic mass is 9.55. The Morgan fingerprint density at radius 2 is 1.57 bits per heavy atom. The van der Waals surface area contributed by atoms with E-state index < -0.39 is 29.4 Å². The number of rotatable bonds is 28. The molecule has 6 atom stereocenters. The lowest BCUT2D eigenvalue weighted by Gasteiger charge is -2.60. The number of fused-ring (bicyclic) bond motifs is 3. The van der Waals surface area contributed by atoms with Gasteiger partial charge in [-0.25, -0.2) is 4.79 Å². The van der Waals surface area contributed by atoms with Crippen molar-refractivity contribution in [2.45, 2.75) is 167 Å². The highest BCUT2D eigenvalue weighted by Gasteiger charge is 2.65. The van der Waals surface area contributed by atoms with Gasteiger partial charge in [-0.1, -0.05) is 101 Å². The lowest BCUT2D eigenvalue weighted by molar-refractivity contribution is -0.255. The Hall–Kier alpha value is -5.88. The number of amides is 2. The highest BCUT2D eigenvalue weighted by atomic mass is 16.7. The Morgan fingerprint density at radius 1 is 0.878 bits per heavy atom. The summed E-state index contributed by atoms with van der Waals surface area (Å²) in [7, 11) is 0. The van der Waals surface area contributed by atoms with Gasteiger partial charge in [-0.3, -0.25) is 4.79 Å². The quantitative estimate of drug-likeness (QED) is 0.0358. The van der Waals surface area contributed by atoms with Crippen LogP contribution in [0.15, 0.2) is 90.1 Å². The number of benzene rings is 3. The number of aliphatic hydroxyl groups excluding tert-OH is 2. The van der Waals surface area contributed by atoms with Crippen LogP contribution < -0.4 is 24.3 Å². The summed E-state index contributed by atoms with van der Waals surface area (Å²) in [6, 6.07) is 19.1. The Bertz CT molecular complexity index is 2440. The van der Waals surface area contributed by atoms with Crippen molar-refractivity contribution in [3.05, 3.63) is 107 Å². The second-order valence-corrected chi connectivity index (χ2v) is 21.3.